The van der Waals surface area contributed by atoms with Crippen LogP contribution < -0.4 is 0 Å². The summed E-state index contributed by atoms with van der Waals surface area (Å²) in [6, 6.07) is 0. The lowest BCUT2D eigenvalue weighted by Crippen LogP contribution is -2.14. The van der Waals surface area contributed by atoms with E-state index >= 15 is 0 Å². The van der Waals surface area contributed by atoms with Crippen LogP contribution in [0.5, 0.6) is 0 Å². The van der Waals surface area contributed by atoms with Gasteiger partial charge in [-0.3, -0.25) is 9.59 Å². The van der Waals surface area contributed by atoms with Gasteiger partial charge >= 0.3 is 11.9 Å². The largest absolute Gasteiger partial charge is 0.481 e. The van der Waals surface area contributed by atoms with E-state index in [4.69, 9.17) is 9.84 Å². The molecule has 4 heteroatoms. The lowest BCUT2D eigenvalue weighted by molar-refractivity contribution is -0.145. The molecule has 0 aliphatic carbocycles. The molecule has 1 N–H and O–H groups in total. The van der Waals surface area contributed by atoms with E-state index in [0.717, 1.165) is 12.8 Å². The maximum Gasteiger partial charge on any atom is 0.305 e. The average molecular weight is 441 g/mol. The Morgan fingerprint density at radius 2 is 1.03 bits per heavy atom. The Morgan fingerprint density at radius 3 is 1.52 bits per heavy atom. The fourth-order valence-electron chi connectivity index (χ4n) is 4.10. The van der Waals surface area contributed by atoms with Crippen molar-refractivity contribution in [3.63, 3.8) is 0 Å². The summed E-state index contributed by atoms with van der Waals surface area (Å²) < 4.78 is 5.59. The van der Waals surface area contributed by atoms with Crippen LogP contribution in [0.15, 0.2) is 0 Å². The quantitative estimate of drug-likeness (QED) is 0.121. The van der Waals surface area contributed by atoms with Crippen LogP contribution in [-0.2, 0) is 14.3 Å². The number of hydrogen-bond donors (Lipinski definition) is 1. The zero-order chi connectivity index (χ0) is 23.0. The van der Waals surface area contributed by atoms with E-state index in [1.165, 1.54) is 103 Å². The number of hydrogen-bond acceptors (Lipinski definition) is 3. The minimum absolute atomic E-state index is 0.112. The molecule has 184 valence electrons. The molecule has 1 unspecified atom stereocenters. The monoisotopic (exact) mass is 440 g/mol. The van der Waals surface area contributed by atoms with E-state index in [9.17, 15) is 9.59 Å². The first kappa shape index (κ1) is 29.9. The second kappa shape index (κ2) is 23.6. The maximum absolute atomic E-state index is 12.1. The number of carbonyl (C=O) groups is 2. The van der Waals surface area contributed by atoms with Crippen molar-refractivity contribution in [1.82, 2.24) is 0 Å². The van der Waals surface area contributed by atoms with Crippen LogP contribution >= 0.6 is 0 Å². The summed E-state index contributed by atoms with van der Waals surface area (Å²) in [5, 5.41) is 8.66. The van der Waals surface area contributed by atoms with Gasteiger partial charge in [0.1, 0.15) is 0 Å². The molecule has 0 saturated heterocycles. The molecule has 1 atom stereocenters. The molecule has 0 aliphatic heterocycles. The Labute approximate surface area is 192 Å². The summed E-state index contributed by atoms with van der Waals surface area (Å²) >= 11 is 0. The molecule has 0 radical (unpaired) electrons. The molecule has 0 spiro atoms. The predicted octanol–water partition coefficient (Wildman–Crippen LogP) is 8.46. The molecule has 0 saturated carbocycles. The van der Waals surface area contributed by atoms with Crippen molar-refractivity contribution in [1.29, 1.82) is 0 Å². The summed E-state index contributed by atoms with van der Waals surface area (Å²) in [6.45, 7) is 5.08. The third-order valence-corrected chi connectivity index (χ3v) is 6.18. The van der Waals surface area contributed by atoms with Crippen molar-refractivity contribution in [3.05, 3.63) is 0 Å². The highest BCUT2D eigenvalue weighted by atomic mass is 16.5. The summed E-state index contributed by atoms with van der Waals surface area (Å²) in [7, 11) is 0. The molecule has 0 aliphatic rings. The first-order valence-corrected chi connectivity index (χ1v) is 13.5. The number of ether oxygens (including phenoxy) is 1. The lowest BCUT2D eigenvalue weighted by Gasteiger charge is -2.17. The highest BCUT2D eigenvalue weighted by Crippen LogP contribution is 2.20. The highest BCUT2D eigenvalue weighted by Gasteiger charge is 2.12. The average Bonchev–Trinajstić information content (AvgIpc) is 2.75. The number of carboxylic acids is 1. The number of unbranched alkanes of at least 4 members (excludes halogenated alkanes) is 14. The molecule has 0 bridgehead atoms. The summed E-state index contributed by atoms with van der Waals surface area (Å²) in [5.41, 5.74) is 0. The predicted molar refractivity (Wildman–Crippen MR) is 130 cm³/mol. The van der Waals surface area contributed by atoms with E-state index in [2.05, 4.69) is 13.8 Å². The first-order chi connectivity index (χ1) is 15.1. The van der Waals surface area contributed by atoms with Crippen LogP contribution in [0.25, 0.3) is 0 Å². The molecule has 0 aromatic heterocycles. The Morgan fingerprint density at radius 1 is 0.613 bits per heavy atom. The van der Waals surface area contributed by atoms with Gasteiger partial charge in [-0.15, -0.1) is 0 Å². The standard InChI is InChI=1S/C27H52O4/c1-3-5-7-9-11-12-14-17-21-25(20-16-13-10-8-6-4-2)24-31-27(30)23-19-15-18-22-26(28)29/h25H,3-24H2,1-2H3,(H,28,29). The number of carboxylic acid groups (broad SMARTS) is 1. The van der Waals surface area contributed by atoms with Crippen LogP contribution in [0.3, 0.4) is 0 Å². The number of carbonyl (C=O) groups excluding carboxylic acids is 1. The molecule has 31 heavy (non-hydrogen) atoms. The van der Waals surface area contributed by atoms with Gasteiger partial charge in [0.25, 0.3) is 0 Å². The zero-order valence-electron chi connectivity index (χ0n) is 20.8. The minimum Gasteiger partial charge on any atom is -0.481 e. The minimum atomic E-state index is -0.763. The van der Waals surface area contributed by atoms with Gasteiger partial charge < -0.3 is 9.84 Å². The Balaban J connectivity index is 4.01. The molecule has 0 aromatic carbocycles. The molecule has 4 nitrogen and oxygen atoms in total. The number of rotatable bonds is 24. The Hall–Kier alpha value is -1.06. The third kappa shape index (κ3) is 23.4. The van der Waals surface area contributed by atoms with Crippen molar-refractivity contribution in [3.8, 4) is 0 Å². The number of esters is 1. The van der Waals surface area contributed by atoms with Gasteiger partial charge in [0.05, 0.1) is 6.61 Å². The van der Waals surface area contributed by atoms with Gasteiger partial charge in [0.15, 0.2) is 0 Å². The second-order valence-corrected chi connectivity index (χ2v) is 9.32. The molecule has 0 heterocycles. The van der Waals surface area contributed by atoms with Gasteiger partial charge in [-0.05, 0) is 31.6 Å². The second-order valence-electron chi connectivity index (χ2n) is 9.32. The van der Waals surface area contributed by atoms with Crippen LogP contribution in [-0.4, -0.2) is 23.7 Å². The van der Waals surface area contributed by atoms with Crippen LogP contribution in [0.1, 0.15) is 149 Å². The molecule has 0 amide bonds. The van der Waals surface area contributed by atoms with Crippen molar-refractivity contribution >= 4 is 11.9 Å². The van der Waals surface area contributed by atoms with Gasteiger partial charge in [-0.1, -0.05) is 110 Å². The van der Waals surface area contributed by atoms with Crippen molar-refractivity contribution in [2.45, 2.75) is 149 Å². The van der Waals surface area contributed by atoms with Gasteiger partial charge in [0.2, 0.25) is 0 Å². The van der Waals surface area contributed by atoms with E-state index in [1.54, 1.807) is 0 Å². The van der Waals surface area contributed by atoms with Crippen LogP contribution in [0.4, 0.5) is 0 Å². The molecule has 0 fully saturated rings. The van der Waals surface area contributed by atoms with Gasteiger partial charge in [0, 0.05) is 12.8 Å². The van der Waals surface area contributed by atoms with E-state index in [-0.39, 0.29) is 12.4 Å². The van der Waals surface area contributed by atoms with Crippen molar-refractivity contribution < 1.29 is 19.4 Å². The maximum atomic E-state index is 12.1. The van der Waals surface area contributed by atoms with E-state index in [0.29, 0.717) is 25.4 Å². The SMILES string of the molecule is CCCCCCCCCCC(CCCCCCCC)COC(=O)CCCCCC(=O)O. The normalized spacial score (nSPS) is 12.1. The number of aliphatic carboxylic acids is 1. The van der Waals surface area contributed by atoms with Crippen LogP contribution in [0, 0.1) is 5.92 Å². The third-order valence-electron chi connectivity index (χ3n) is 6.18. The summed E-state index contributed by atoms with van der Waals surface area (Å²) in [4.78, 5) is 22.6. The Kier molecular flexibility index (Phi) is 22.8. The van der Waals surface area contributed by atoms with E-state index < -0.39 is 5.97 Å². The van der Waals surface area contributed by atoms with Crippen LogP contribution in [0.2, 0.25) is 0 Å². The highest BCUT2D eigenvalue weighted by molar-refractivity contribution is 5.69. The lowest BCUT2D eigenvalue weighted by atomic mass is 9.94. The first-order valence-electron chi connectivity index (χ1n) is 13.5. The fourth-order valence-corrected chi connectivity index (χ4v) is 4.10. The smallest absolute Gasteiger partial charge is 0.305 e. The van der Waals surface area contributed by atoms with E-state index in [1.807, 2.05) is 0 Å². The summed E-state index contributed by atoms with van der Waals surface area (Å²) in [5.74, 6) is -0.373. The topological polar surface area (TPSA) is 63.6 Å². The van der Waals surface area contributed by atoms with Gasteiger partial charge in [-0.2, -0.15) is 0 Å². The fraction of sp³-hybridized carbons (Fsp3) is 0.926. The molecule has 0 rings (SSSR count). The van der Waals surface area contributed by atoms with Gasteiger partial charge in [-0.25, -0.2) is 0 Å². The molecular weight excluding hydrogens is 388 g/mol. The molecule has 0 aromatic rings. The van der Waals surface area contributed by atoms with Crippen molar-refractivity contribution in [2.75, 3.05) is 6.61 Å². The summed E-state index contributed by atoms with van der Waals surface area (Å²) in [6.07, 6.45) is 23.6. The Bertz CT molecular complexity index is 408. The molecular formula is C27H52O4. The zero-order valence-corrected chi connectivity index (χ0v) is 20.8. The van der Waals surface area contributed by atoms with Crippen molar-refractivity contribution in [2.24, 2.45) is 5.92 Å².